The van der Waals surface area contributed by atoms with Crippen molar-refractivity contribution in [1.29, 1.82) is 0 Å². The van der Waals surface area contributed by atoms with Gasteiger partial charge in [-0.05, 0) is 37.3 Å². The van der Waals surface area contributed by atoms with Crippen molar-refractivity contribution < 1.29 is 8.85 Å². The van der Waals surface area contributed by atoms with E-state index in [9.17, 15) is 0 Å². The van der Waals surface area contributed by atoms with Crippen LogP contribution in [0.4, 0.5) is 0 Å². The zero-order valence-electron chi connectivity index (χ0n) is 15.5. The van der Waals surface area contributed by atoms with Gasteiger partial charge in [-0.15, -0.1) is 0 Å². The van der Waals surface area contributed by atoms with E-state index in [1.165, 1.54) is 6.42 Å². The molecule has 0 aromatic rings. The molecule has 2 nitrogen and oxygen atoms in total. The molecule has 0 saturated carbocycles. The minimum absolute atomic E-state index is 0.170. The predicted octanol–water partition coefficient (Wildman–Crippen LogP) is 4.79. The fraction of sp³-hybridized carbons (Fsp3) is 1.00. The van der Waals surface area contributed by atoms with Crippen LogP contribution >= 0.6 is 9.48 Å². The zero-order valence-corrected chi connectivity index (χ0v) is 18.4. The molecule has 0 aliphatic heterocycles. The van der Waals surface area contributed by atoms with Crippen molar-refractivity contribution in [2.24, 2.45) is 5.41 Å². The third-order valence-corrected chi connectivity index (χ3v) is 11.3. The lowest BCUT2D eigenvalue weighted by Gasteiger charge is -2.42. The molecule has 0 N–H and O–H groups in total. The summed E-state index contributed by atoms with van der Waals surface area (Å²) < 4.78 is 13.0. The molecule has 0 aliphatic rings. The molecule has 0 saturated heterocycles. The van der Waals surface area contributed by atoms with Gasteiger partial charge in [0.15, 0.2) is 0 Å². The number of unbranched alkanes of at least 4 members (excludes halogenated alkanes) is 1. The Morgan fingerprint density at radius 3 is 2.10 bits per heavy atom. The van der Waals surface area contributed by atoms with Crippen LogP contribution in [0, 0.1) is 5.41 Å². The largest absolute Gasteiger partial charge is 0.394 e. The predicted molar refractivity (Wildman–Crippen MR) is 102 cm³/mol. The molecule has 0 aromatic carbocycles. The van der Waals surface area contributed by atoms with E-state index < -0.39 is 18.0 Å². The summed E-state index contributed by atoms with van der Waals surface area (Å²) in [6.07, 6.45) is 9.42. The summed E-state index contributed by atoms with van der Waals surface area (Å²) in [6.45, 7) is 14.4. The van der Waals surface area contributed by atoms with Crippen LogP contribution in [0.1, 0.15) is 60.3 Å². The van der Waals surface area contributed by atoms with Crippen LogP contribution in [0.15, 0.2) is 0 Å². The maximum absolute atomic E-state index is 6.67. The summed E-state index contributed by atoms with van der Waals surface area (Å²) in [6, 6.07) is 0. The summed E-state index contributed by atoms with van der Waals surface area (Å²) in [5, 5.41) is 1.05. The van der Waals surface area contributed by atoms with E-state index in [-0.39, 0.29) is 11.5 Å². The second-order valence-electron chi connectivity index (χ2n) is 7.78. The summed E-state index contributed by atoms with van der Waals surface area (Å²) >= 11 is 0. The first-order chi connectivity index (χ1) is 9.43. The monoisotopic (exact) mass is 349 g/mol. The number of hydrogen-bond acceptors (Lipinski definition) is 2. The van der Waals surface area contributed by atoms with E-state index in [0.29, 0.717) is 0 Å². The van der Waals surface area contributed by atoms with Crippen molar-refractivity contribution in [3.8, 4) is 0 Å². The summed E-state index contributed by atoms with van der Waals surface area (Å²) in [5.74, 6) is 0. The van der Waals surface area contributed by atoms with Crippen LogP contribution in [0.2, 0.25) is 6.55 Å². The van der Waals surface area contributed by atoms with Gasteiger partial charge in [0, 0.05) is 12.0 Å². The van der Waals surface area contributed by atoms with Crippen molar-refractivity contribution in [3.05, 3.63) is 0 Å². The number of hydrogen-bond donors (Lipinski definition) is 0. The smallest absolute Gasteiger partial charge is 0.343 e. The highest BCUT2D eigenvalue weighted by atomic mass is 32.4. The maximum Gasteiger partial charge on any atom is 0.343 e. The Balaban J connectivity index is 4.99. The average molecular weight is 350 g/mol. The molecule has 0 amide bonds. The molecular weight excluding hydrogens is 312 g/mol. The Hall–Kier alpha value is 0.704. The third kappa shape index (κ3) is 10.2. The van der Waals surface area contributed by atoms with Gasteiger partial charge in [0.1, 0.15) is 0 Å². The molecule has 0 fully saturated rings. The lowest BCUT2D eigenvalue weighted by atomic mass is 9.87. The summed E-state index contributed by atoms with van der Waals surface area (Å²) in [4.78, 5) is 0. The Morgan fingerprint density at radius 2 is 1.71 bits per heavy atom. The van der Waals surface area contributed by atoms with Crippen LogP contribution in [0.25, 0.3) is 0 Å². The minimum Gasteiger partial charge on any atom is -0.394 e. The van der Waals surface area contributed by atoms with E-state index >= 15 is 0 Å². The first-order valence-corrected chi connectivity index (χ1v) is 14.6. The second kappa shape index (κ2) is 9.11. The fourth-order valence-corrected chi connectivity index (χ4v) is 12.4. The number of rotatable bonds is 10. The summed E-state index contributed by atoms with van der Waals surface area (Å²) in [7, 11) is 0.964. The lowest BCUT2D eigenvalue weighted by molar-refractivity contribution is 0.0370. The Kier molecular flexibility index (Phi) is 9.42. The van der Waals surface area contributed by atoms with Gasteiger partial charge in [-0.1, -0.05) is 47.5 Å². The normalized spacial score (nSPS) is 18.3. The van der Waals surface area contributed by atoms with Gasteiger partial charge in [0.05, 0.1) is 15.5 Å². The molecule has 0 spiro atoms. The molecule has 0 aliphatic carbocycles. The second-order valence-corrected chi connectivity index (χ2v) is 18.1. The highest BCUT2D eigenvalue weighted by Gasteiger charge is 2.40. The van der Waals surface area contributed by atoms with Crippen LogP contribution < -0.4 is 0 Å². The molecular formula is C16H37O2SSi2. The molecule has 0 heterocycles. The van der Waals surface area contributed by atoms with E-state index in [1.54, 1.807) is 0 Å². The van der Waals surface area contributed by atoms with Crippen LogP contribution in [-0.4, -0.2) is 48.6 Å². The van der Waals surface area contributed by atoms with Gasteiger partial charge >= 0.3 is 8.56 Å². The standard InChI is InChI=1S/C16H37O2SSi2/c1-9-11-13-17-21(8,14-19(6,7)20)18-15(12-10-2)16(3,4)5/h15H,9-14H2,1-8H3. The Morgan fingerprint density at radius 1 is 1.14 bits per heavy atom. The first-order valence-electron chi connectivity index (χ1n) is 8.21. The van der Waals surface area contributed by atoms with Crippen molar-refractivity contribution in [3.63, 3.8) is 0 Å². The molecule has 3 radical (unpaired) electrons. The molecule has 2 atom stereocenters. The van der Waals surface area contributed by atoms with Crippen molar-refractivity contribution in [1.82, 2.24) is 0 Å². The van der Waals surface area contributed by atoms with Gasteiger partial charge in [0.2, 0.25) is 0 Å². The van der Waals surface area contributed by atoms with Gasteiger partial charge in [-0.3, -0.25) is 9.48 Å². The minimum atomic E-state index is -2.14. The highest BCUT2D eigenvalue weighted by Crippen LogP contribution is 2.39. The van der Waals surface area contributed by atoms with Crippen molar-refractivity contribution >= 4 is 27.4 Å². The quantitative estimate of drug-likeness (QED) is 0.417. The fourth-order valence-electron chi connectivity index (χ4n) is 2.43. The maximum atomic E-state index is 6.67. The third-order valence-electron chi connectivity index (χ3n) is 3.44. The molecule has 0 aromatic heterocycles. The van der Waals surface area contributed by atoms with Crippen molar-refractivity contribution in [2.45, 2.75) is 73.0 Å². The molecule has 0 bridgehead atoms. The molecule has 0 rings (SSSR count). The SMILES string of the molecule is CCCCO[Si](C)(CS(C)(C)[Si])OC(CCC)C(C)(C)C. The van der Waals surface area contributed by atoms with Crippen LogP contribution in [0.3, 0.4) is 0 Å². The van der Waals surface area contributed by atoms with E-state index in [4.69, 9.17) is 8.85 Å². The van der Waals surface area contributed by atoms with E-state index in [2.05, 4.69) is 63.1 Å². The Labute approximate surface area is 139 Å². The van der Waals surface area contributed by atoms with Crippen LogP contribution in [-0.2, 0) is 8.85 Å². The van der Waals surface area contributed by atoms with Gasteiger partial charge in [-0.2, -0.15) is 0 Å². The highest BCUT2D eigenvalue weighted by molar-refractivity contribution is 8.49. The topological polar surface area (TPSA) is 18.5 Å². The average Bonchev–Trinajstić information content (AvgIpc) is 2.25. The van der Waals surface area contributed by atoms with E-state index in [1.807, 2.05) is 0 Å². The van der Waals surface area contributed by atoms with E-state index in [0.717, 1.165) is 31.2 Å². The van der Waals surface area contributed by atoms with Gasteiger partial charge in [-0.25, -0.2) is 0 Å². The molecule has 21 heavy (non-hydrogen) atoms. The first kappa shape index (κ1) is 21.7. The lowest BCUT2D eigenvalue weighted by Crippen LogP contribution is -2.50. The molecule has 5 heteroatoms. The van der Waals surface area contributed by atoms with Crippen LogP contribution in [0.5, 0.6) is 0 Å². The molecule has 127 valence electrons. The van der Waals surface area contributed by atoms with Crippen molar-refractivity contribution in [2.75, 3.05) is 24.5 Å². The zero-order chi connectivity index (χ0) is 16.7. The molecule has 2 unspecified atom stereocenters. The van der Waals surface area contributed by atoms with Gasteiger partial charge < -0.3 is 8.85 Å². The Bertz CT molecular complexity index is 287. The van der Waals surface area contributed by atoms with Gasteiger partial charge in [0.25, 0.3) is 0 Å². The summed E-state index contributed by atoms with van der Waals surface area (Å²) in [5.41, 5.74) is 0.170.